The Bertz CT molecular complexity index is 793. The third-order valence-corrected chi connectivity index (χ3v) is 4.13. The van der Waals surface area contributed by atoms with Gasteiger partial charge < -0.3 is 4.90 Å². The zero-order valence-electron chi connectivity index (χ0n) is 13.4. The van der Waals surface area contributed by atoms with Crippen molar-refractivity contribution in [1.29, 1.82) is 0 Å². The van der Waals surface area contributed by atoms with Crippen molar-refractivity contribution >= 4 is 17.4 Å². The fourth-order valence-corrected chi connectivity index (χ4v) is 3.20. The number of carbonyl (C=O) groups excluding carboxylic acids is 2. The minimum Gasteiger partial charge on any atom is -0.304 e. The van der Waals surface area contributed by atoms with Gasteiger partial charge in [-0.15, -0.1) is 0 Å². The molecule has 0 radical (unpaired) electrons. The van der Waals surface area contributed by atoms with Gasteiger partial charge in [0.25, 0.3) is 5.91 Å². The smallest absolute Gasteiger partial charge is 0.258 e. The normalized spacial score (nSPS) is 17.1. The van der Waals surface area contributed by atoms with Crippen LogP contribution in [0.2, 0.25) is 0 Å². The van der Waals surface area contributed by atoms with Crippen molar-refractivity contribution < 1.29 is 14.0 Å². The van der Waals surface area contributed by atoms with Crippen molar-refractivity contribution in [1.82, 2.24) is 0 Å². The highest BCUT2D eigenvalue weighted by Crippen LogP contribution is 2.32. The van der Waals surface area contributed by atoms with E-state index in [0.717, 1.165) is 11.1 Å². The van der Waals surface area contributed by atoms with Gasteiger partial charge in [-0.3, -0.25) is 9.59 Å². The molecule has 3 rings (SSSR count). The highest BCUT2D eigenvalue weighted by atomic mass is 19.1. The summed E-state index contributed by atoms with van der Waals surface area (Å²) in [5, 5.41) is 0. The standard InChI is InChI=1S/C19H18FNO2/c1-11-6-12(2)8-14(7-11)19(23)21-13(3)9-18(22)16-10-15(20)4-5-17(16)21/h4-8,10,13H,9H2,1-3H3. The molecule has 23 heavy (non-hydrogen) atoms. The lowest BCUT2D eigenvalue weighted by Crippen LogP contribution is -2.44. The Morgan fingerprint density at radius 1 is 1.13 bits per heavy atom. The number of benzene rings is 2. The van der Waals surface area contributed by atoms with Gasteiger partial charge in [0.1, 0.15) is 5.82 Å². The average Bonchev–Trinajstić information content (AvgIpc) is 2.46. The van der Waals surface area contributed by atoms with E-state index in [4.69, 9.17) is 0 Å². The molecule has 0 aromatic heterocycles. The number of aryl methyl sites for hydroxylation is 2. The summed E-state index contributed by atoms with van der Waals surface area (Å²) >= 11 is 0. The van der Waals surface area contributed by atoms with E-state index in [1.165, 1.54) is 18.2 Å². The third-order valence-electron chi connectivity index (χ3n) is 4.13. The van der Waals surface area contributed by atoms with Crippen LogP contribution in [0.1, 0.15) is 45.2 Å². The fourth-order valence-electron chi connectivity index (χ4n) is 3.20. The van der Waals surface area contributed by atoms with Crippen molar-refractivity contribution in [2.24, 2.45) is 0 Å². The number of carbonyl (C=O) groups is 2. The predicted molar refractivity (Wildman–Crippen MR) is 87.5 cm³/mol. The summed E-state index contributed by atoms with van der Waals surface area (Å²) in [4.78, 5) is 26.7. The van der Waals surface area contributed by atoms with E-state index in [1.54, 1.807) is 4.90 Å². The van der Waals surface area contributed by atoms with Crippen LogP contribution in [0.15, 0.2) is 36.4 Å². The van der Waals surface area contributed by atoms with Gasteiger partial charge in [0, 0.05) is 23.6 Å². The molecular weight excluding hydrogens is 293 g/mol. The molecule has 0 fully saturated rings. The topological polar surface area (TPSA) is 37.4 Å². The van der Waals surface area contributed by atoms with Gasteiger partial charge >= 0.3 is 0 Å². The molecule has 2 aromatic rings. The van der Waals surface area contributed by atoms with E-state index in [2.05, 4.69) is 0 Å². The molecule has 1 aliphatic heterocycles. The molecule has 2 aromatic carbocycles. The molecule has 3 nitrogen and oxygen atoms in total. The first-order valence-electron chi connectivity index (χ1n) is 7.61. The number of rotatable bonds is 1. The summed E-state index contributed by atoms with van der Waals surface area (Å²) in [5.74, 6) is -0.758. The molecular formula is C19H18FNO2. The van der Waals surface area contributed by atoms with Crippen LogP contribution >= 0.6 is 0 Å². The molecule has 1 aliphatic rings. The number of amides is 1. The summed E-state index contributed by atoms with van der Waals surface area (Å²) in [7, 11) is 0. The maximum Gasteiger partial charge on any atom is 0.258 e. The Morgan fingerprint density at radius 2 is 1.78 bits per heavy atom. The molecule has 0 aliphatic carbocycles. The second kappa shape index (κ2) is 5.61. The van der Waals surface area contributed by atoms with Crippen molar-refractivity contribution in [3.8, 4) is 0 Å². The maximum absolute atomic E-state index is 13.5. The van der Waals surface area contributed by atoms with Gasteiger partial charge in [0.05, 0.1) is 5.69 Å². The summed E-state index contributed by atoms with van der Waals surface area (Å²) < 4.78 is 13.5. The van der Waals surface area contributed by atoms with Gasteiger partial charge in [-0.25, -0.2) is 4.39 Å². The zero-order valence-corrected chi connectivity index (χ0v) is 13.4. The molecule has 0 spiro atoms. The summed E-state index contributed by atoms with van der Waals surface area (Å²) in [6.07, 6.45) is 0.201. The van der Waals surface area contributed by atoms with Gasteiger partial charge in [-0.1, -0.05) is 17.2 Å². The van der Waals surface area contributed by atoms with E-state index in [9.17, 15) is 14.0 Å². The second-order valence-corrected chi connectivity index (χ2v) is 6.19. The quantitative estimate of drug-likeness (QED) is 0.796. The molecule has 0 saturated heterocycles. The summed E-state index contributed by atoms with van der Waals surface area (Å²) in [5.41, 5.74) is 3.36. The summed E-state index contributed by atoms with van der Waals surface area (Å²) in [6, 6.07) is 9.43. The molecule has 4 heteroatoms. The Labute approximate surface area is 134 Å². The lowest BCUT2D eigenvalue weighted by atomic mass is 9.94. The number of fused-ring (bicyclic) bond motifs is 1. The first kappa shape index (κ1) is 15.4. The lowest BCUT2D eigenvalue weighted by molar-refractivity contribution is 0.0936. The van der Waals surface area contributed by atoms with Crippen LogP contribution in [0.3, 0.4) is 0 Å². The van der Waals surface area contributed by atoms with E-state index in [1.807, 2.05) is 39.0 Å². The van der Waals surface area contributed by atoms with E-state index < -0.39 is 5.82 Å². The van der Waals surface area contributed by atoms with Crippen LogP contribution in [0.25, 0.3) is 0 Å². The number of hydrogen-bond donors (Lipinski definition) is 0. The van der Waals surface area contributed by atoms with Crippen LogP contribution in [-0.4, -0.2) is 17.7 Å². The number of anilines is 1. The molecule has 1 atom stereocenters. The minimum absolute atomic E-state index is 0.128. The van der Waals surface area contributed by atoms with E-state index in [0.29, 0.717) is 11.3 Å². The molecule has 1 heterocycles. The van der Waals surface area contributed by atoms with Crippen LogP contribution in [0.4, 0.5) is 10.1 Å². The van der Waals surface area contributed by atoms with E-state index in [-0.39, 0.29) is 29.7 Å². The fraction of sp³-hybridized carbons (Fsp3) is 0.263. The maximum atomic E-state index is 13.5. The largest absolute Gasteiger partial charge is 0.304 e. The minimum atomic E-state index is -0.467. The molecule has 1 amide bonds. The van der Waals surface area contributed by atoms with E-state index >= 15 is 0 Å². The number of halogens is 1. The molecule has 118 valence electrons. The Morgan fingerprint density at radius 3 is 2.43 bits per heavy atom. The SMILES string of the molecule is Cc1cc(C)cc(C(=O)N2c3ccc(F)cc3C(=O)CC2C)c1. The summed E-state index contributed by atoms with van der Waals surface area (Å²) in [6.45, 7) is 5.72. The zero-order chi connectivity index (χ0) is 16.7. The molecule has 0 bridgehead atoms. The van der Waals surface area contributed by atoms with Crippen molar-refractivity contribution in [3.63, 3.8) is 0 Å². The highest BCUT2D eigenvalue weighted by Gasteiger charge is 2.33. The third kappa shape index (κ3) is 2.77. The monoisotopic (exact) mass is 311 g/mol. The highest BCUT2D eigenvalue weighted by molar-refractivity contribution is 6.14. The van der Waals surface area contributed by atoms with Gasteiger partial charge in [-0.2, -0.15) is 0 Å². The number of hydrogen-bond acceptors (Lipinski definition) is 2. The first-order valence-corrected chi connectivity index (χ1v) is 7.61. The molecule has 1 unspecified atom stereocenters. The lowest BCUT2D eigenvalue weighted by Gasteiger charge is -2.34. The van der Waals surface area contributed by atoms with Crippen LogP contribution < -0.4 is 4.90 Å². The number of Topliss-reactive ketones (excluding diaryl/α,β-unsaturated/α-hetero) is 1. The van der Waals surface area contributed by atoms with Crippen LogP contribution in [0.5, 0.6) is 0 Å². The van der Waals surface area contributed by atoms with Crippen LogP contribution in [0, 0.1) is 19.7 Å². The average molecular weight is 311 g/mol. The van der Waals surface area contributed by atoms with Gasteiger partial charge in [-0.05, 0) is 51.1 Å². The van der Waals surface area contributed by atoms with Gasteiger partial charge in [0.15, 0.2) is 5.78 Å². The van der Waals surface area contributed by atoms with Crippen molar-refractivity contribution in [2.45, 2.75) is 33.2 Å². The Balaban J connectivity index is 2.10. The predicted octanol–water partition coefficient (Wildman–Crippen LogP) is 4.06. The van der Waals surface area contributed by atoms with Crippen LogP contribution in [-0.2, 0) is 0 Å². The van der Waals surface area contributed by atoms with Crippen molar-refractivity contribution in [3.05, 3.63) is 64.5 Å². The number of ketones is 1. The molecule has 0 saturated carbocycles. The Hall–Kier alpha value is -2.49. The first-order chi connectivity index (χ1) is 10.9. The second-order valence-electron chi connectivity index (χ2n) is 6.19. The Kier molecular flexibility index (Phi) is 3.76. The molecule has 0 N–H and O–H groups in total. The van der Waals surface area contributed by atoms with Crippen molar-refractivity contribution in [2.75, 3.05) is 4.90 Å². The van der Waals surface area contributed by atoms with Gasteiger partial charge in [0.2, 0.25) is 0 Å². The number of nitrogens with zero attached hydrogens (tertiary/aromatic N) is 1.